The smallest absolute Gasteiger partial charge is 0.234 e. The number of amides is 2. The second-order valence-corrected chi connectivity index (χ2v) is 5.56. The minimum atomic E-state index is -0.949. The number of carbonyl (C=O) groups is 2. The van der Waals surface area contributed by atoms with Crippen LogP contribution in [0.25, 0.3) is 0 Å². The van der Waals surface area contributed by atoms with Crippen molar-refractivity contribution in [2.75, 3.05) is 31.1 Å². The van der Waals surface area contributed by atoms with Crippen molar-refractivity contribution in [2.24, 2.45) is 0 Å². The zero-order valence-electron chi connectivity index (χ0n) is 12.4. The average molecular weight is 346 g/mol. The fourth-order valence-electron chi connectivity index (χ4n) is 2.98. The van der Waals surface area contributed by atoms with Gasteiger partial charge in [0.15, 0.2) is 0 Å². The van der Waals surface area contributed by atoms with E-state index in [1.54, 1.807) is 0 Å². The van der Waals surface area contributed by atoms with Gasteiger partial charge in [0.25, 0.3) is 0 Å². The van der Waals surface area contributed by atoms with Crippen LogP contribution in [0.2, 0.25) is 0 Å². The molecule has 2 heterocycles. The molecule has 1 unspecified atom stereocenters. The van der Waals surface area contributed by atoms with Gasteiger partial charge >= 0.3 is 0 Å². The Hall–Kier alpha value is -1.73. The zero-order valence-corrected chi connectivity index (χ0v) is 13.2. The highest BCUT2D eigenvalue weighted by Crippen LogP contribution is 2.32. The van der Waals surface area contributed by atoms with Gasteiger partial charge in [0.2, 0.25) is 11.8 Å². The fourth-order valence-corrected chi connectivity index (χ4v) is 2.98. The van der Waals surface area contributed by atoms with Crippen LogP contribution in [0.15, 0.2) is 12.1 Å². The summed E-state index contributed by atoms with van der Waals surface area (Å²) in [6.07, 6.45) is 0.223. The summed E-state index contributed by atoms with van der Waals surface area (Å²) < 4.78 is 28.7. The van der Waals surface area contributed by atoms with Crippen molar-refractivity contribution < 1.29 is 18.4 Å². The lowest BCUT2D eigenvalue weighted by Gasteiger charge is -2.30. The standard InChI is InChI=1S/C15H17F2N3O2.ClH/c16-11-7-9(20-5-3-18-4-6-20)8-12(17)14(11)10-1-2-13(21)19-15(10)22;/h7-8,10,18H,1-6H2,(H,19,21,22);1H. The van der Waals surface area contributed by atoms with Gasteiger partial charge in [-0.15, -0.1) is 12.4 Å². The van der Waals surface area contributed by atoms with Crippen molar-refractivity contribution in [3.05, 3.63) is 29.3 Å². The molecular formula is C15H18ClF2N3O2. The number of rotatable bonds is 2. The molecule has 2 fully saturated rings. The SMILES string of the molecule is Cl.O=C1CCC(c2c(F)cc(N3CCNCC3)cc2F)C(=O)N1. The first-order chi connectivity index (χ1) is 10.6. The number of hydrogen-bond acceptors (Lipinski definition) is 4. The average Bonchev–Trinajstić information content (AvgIpc) is 2.49. The maximum absolute atomic E-state index is 14.4. The maximum atomic E-state index is 14.4. The van der Waals surface area contributed by atoms with Gasteiger partial charge in [-0.3, -0.25) is 14.9 Å². The van der Waals surface area contributed by atoms with Gasteiger partial charge in [0.1, 0.15) is 11.6 Å². The zero-order chi connectivity index (χ0) is 15.7. The molecule has 3 rings (SSSR count). The Balaban J connectivity index is 0.00000192. The summed E-state index contributed by atoms with van der Waals surface area (Å²) >= 11 is 0. The monoisotopic (exact) mass is 345 g/mol. The van der Waals surface area contributed by atoms with Crippen LogP contribution < -0.4 is 15.5 Å². The van der Waals surface area contributed by atoms with Crippen molar-refractivity contribution in [2.45, 2.75) is 18.8 Å². The summed E-state index contributed by atoms with van der Waals surface area (Å²) in [7, 11) is 0. The lowest BCUT2D eigenvalue weighted by Crippen LogP contribution is -2.43. The van der Waals surface area contributed by atoms with E-state index in [2.05, 4.69) is 10.6 Å². The molecule has 23 heavy (non-hydrogen) atoms. The first-order valence-corrected chi connectivity index (χ1v) is 7.34. The highest BCUT2D eigenvalue weighted by atomic mass is 35.5. The second kappa shape index (κ2) is 7.23. The van der Waals surface area contributed by atoms with E-state index in [1.807, 2.05) is 4.90 Å². The van der Waals surface area contributed by atoms with Crippen LogP contribution in [0.5, 0.6) is 0 Å². The Morgan fingerprint density at radius 3 is 2.26 bits per heavy atom. The van der Waals surface area contributed by atoms with E-state index < -0.39 is 29.4 Å². The number of piperazine rings is 1. The van der Waals surface area contributed by atoms with Crippen molar-refractivity contribution in [1.29, 1.82) is 0 Å². The van der Waals surface area contributed by atoms with Crippen molar-refractivity contribution in [3.8, 4) is 0 Å². The maximum Gasteiger partial charge on any atom is 0.234 e. The Kier molecular flexibility index (Phi) is 5.54. The van der Waals surface area contributed by atoms with E-state index in [0.29, 0.717) is 18.8 Å². The number of piperidine rings is 1. The number of nitrogens with one attached hydrogen (secondary N) is 2. The number of hydrogen-bond donors (Lipinski definition) is 2. The van der Waals surface area contributed by atoms with Gasteiger partial charge in [0, 0.05) is 43.9 Å². The predicted molar refractivity (Wildman–Crippen MR) is 83.8 cm³/mol. The molecule has 1 aromatic carbocycles. The largest absolute Gasteiger partial charge is 0.369 e. The van der Waals surface area contributed by atoms with Gasteiger partial charge in [-0.2, -0.15) is 0 Å². The molecule has 1 aromatic rings. The van der Waals surface area contributed by atoms with Crippen molar-refractivity contribution in [3.63, 3.8) is 0 Å². The molecule has 8 heteroatoms. The Morgan fingerprint density at radius 2 is 1.70 bits per heavy atom. The number of benzene rings is 1. The third-order valence-electron chi connectivity index (χ3n) is 4.13. The number of imide groups is 1. The second-order valence-electron chi connectivity index (χ2n) is 5.56. The Labute approximate surface area is 138 Å². The number of carbonyl (C=O) groups excluding carboxylic acids is 2. The van der Waals surface area contributed by atoms with Crippen LogP contribution in [0.3, 0.4) is 0 Å². The minimum absolute atomic E-state index is 0. The van der Waals surface area contributed by atoms with E-state index in [-0.39, 0.29) is 30.8 Å². The number of nitrogens with zero attached hydrogens (tertiary/aromatic N) is 1. The van der Waals surface area contributed by atoms with E-state index in [1.165, 1.54) is 12.1 Å². The van der Waals surface area contributed by atoms with Crippen LogP contribution in [0.1, 0.15) is 24.3 Å². The number of anilines is 1. The van der Waals surface area contributed by atoms with E-state index >= 15 is 0 Å². The van der Waals surface area contributed by atoms with E-state index in [0.717, 1.165) is 13.1 Å². The van der Waals surface area contributed by atoms with Crippen LogP contribution >= 0.6 is 12.4 Å². The van der Waals surface area contributed by atoms with E-state index in [4.69, 9.17) is 0 Å². The van der Waals surface area contributed by atoms with Gasteiger partial charge < -0.3 is 10.2 Å². The lowest BCUT2D eigenvalue weighted by atomic mass is 9.89. The Morgan fingerprint density at radius 1 is 1.09 bits per heavy atom. The summed E-state index contributed by atoms with van der Waals surface area (Å²) in [5.41, 5.74) is 0.233. The van der Waals surface area contributed by atoms with Crippen molar-refractivity contribution in [1.82, 2.24) is 10.6 Å². The minimum Gasteiger partial charge on any atom is -0.369 e. The molecule has 1 atom stereocenters. The summed E-state index contributed by atoms with van der Waals surface area (Å²) in [5, 5.41) is 5.30. The molecule has 0 saturated carbocycles. The molecule has 0 radical (unpaired) electrons. The third-order valence-corrected chi connectivity index (χ3v) is 4.13. The quantitative estimate of drug-likeness (QED) is 0.794. The van der Waals surface area contributed by atoms with Crippen LogP contribution in [0.4, 0.5) is 14.5 Å². The molecule has 2 saturated heterocycles. The van der Waals surface area contributed by atoms with Gasteiger partial charge in [-0.05, 0) is 18.6 Å². The molecule has 0 aromatic heterocycles. The predicted octanol–water partition coefficient (Wildman–Crippen LogP) is 1.32. The molecule has 2 aliphatic rings. The highest BCUT2D eigenvalue weighted by molar-refractivity contribution is 6.01. The summed E-state index contributed by atoms with van der Waals surface area (Å²) in [6.45, 7) is 2.88. The fraction of sp³-hybridized carbons (Fsp3) is 0.467. The number of halogens is 3. The molecule has 2 amide bonds. The van der Waals surface area contributed by atoms with Crippen LogP contribution in [0, 0.1) is 11.6 Å². The molecule has 0 spiro atoms. The Bertz CT molecular complexity index is 598. The highest BCUT2D eigenvalue weighted by Gasteiger charge is 2.32. The summed E-state index contributed by atoms with van der Waals surface area (Å²) in [5.74, 6) is -3.45. The van der Waals surface area contributed by atoms with E-state index in [9.17, 15) is 18.4 Å². The van der Waals surface area contributed by atoms with Crippen LogP contribution in [-0.4, -0.2) is 38.0 Å². The summed E-state index contributed by atoms with van der Waals surface area (Å²) in [6, 6.07) is 2.54. The molecule has 5 nitrogen and oxygen atoms in total. The molecule has 2 N–H and O–H groups in total. The molecule has 0 bridgehead atoms. The van der Waals surface area contributed by atoms with Gasteiger partial charge in [0.05, 0.1) is 5.92 Å². The van der Waals surface area contributed by atoms with Gasteiger partial charge in [-0.25, -0.2) is 8.78 Å². The lowest BCUT2D eigenvalue weighted by molar-refractivity contribution is -0.134. The first-order valence-electron chi connectivity index (χ1n) is 7.34. The molecule has 2 aliphatic heterocycles. The van der Waals surface area contributed by atoms with Gasteiger partial charge in [-0.1, -0.05) is 0 Å². The third kappa shape index (κ3) is 3.61. The molecule has 0 aliphatic carbocycles. The molecular weight excluding hydrogens is 328 g/mol. The van der Waals surface area contributed by atoms with Crippen molar-refractivity contribution >= 4 is 29.9 Å². The molecule has 126 valence electrons. The first kappa shape index (κ1) is 17.6. The normalized spacial score (nSPS) is 21.7. The van der Waals surface area contributed by atoms with Crippen LogP contribution in [-0.2, 0) is 9.59 Å². The topological polar surface area (TPSA) is 61.4 Å². The summed E-state index contributed by atoms with van der Waals surface area (Å²) in [4.78, 5) is 24.9.